The molecule has 1 N–H and O–H groups in total. The van der Waals surface area contributed by atoms with E-state index in [2.05, 4.69) is 21.2 Å². The molecule has 1 saturated carbocycles. The third kappa shape index (κ3) is 2.29. The molecule has 0 bridgehead atoms. The van der Waals surface area contributed by atoms with E-state index >= 15 is 0 Å². The van der Waals surface area contributed by atoms with Crippen molar-refractivity contribution in [2.75, 3.05) is 5.32 Å². The average molecular weight is 325 g/mol. The van der Waals surface area contributed by atoms with E-state index in [1.165, 1.54) is 18.2 Å². The van der Waals surface area contributed by atoms with Crippen LogP contribution in [0.2, 0.25) is 0 Å². The summed E-state index contributed by atoms with van der Waals surface area (Å²) in [6.45, 7) is 0. The molecule has 98 valence electrons. The molecule has 1 aliphatic rings. The Labute approximate surface area is 108 Å². The average Bonchev–Trinajstić information content (AvgIpc) is 3.00. The third-order valence-corrected chi connectivity index (χ3v) is 3.32. The molecule has 0 spiro atoms. The van der Waals surface area contributed by atoms with Gasteiger partial charge >= 0.3 is 6.18 Å². The van der Waals surface area contributed by atoms with Gasteiger partial charge < -0.3 is 5.32 Å². The number of hydrogen-bond donors (Lipinski definition) is 1. The highest BCUT2D eigenvalue weighted by molar-refractivity contribution is 9.10. The number of nitro groups is 1. The summed E-state index contributed by atoms with van der Waals surface area (Å²) in [7, 11) is 0. The predicted octanol–water partition coefficient (Wildman–Crippen LogP) is 3.86. The van der Waals surface area contributed by atoms with Gasteiger partial charge in [-0.1, -0.05) is 15.9 Å². The first-order valence-corrected chi connectivity index (χ1v) is 5.83. The van der Waals surface area contributed by atoms with Gasteiger partial charge in [0.2, 0.25) is 0 Å². The van der Waals surface area contributed by atoms with Gasteiger partial charge in [0.25, 0.3) is 5.69 Å². The van der Waals surface area contributed by atoms with E-state index in [-0.39, 0.29) is 24.2 Å². The van der Waals surface area contributed by atoms with Crippen LogP contribution in [0.25, 0.3) is 0 Å². The Hall–Kier alpha value is -1.31. The summed E-state index contributed by atoms with van der Waals surface area (Å²) in [5.41, 5.74) is -2.50. The second kappa shape index (κ2) is 4.11. The van der Waals surface area contributed by atoms with Crippen LogP contribution >= 0.6 is 15.9 Å². The second-order valence-electron chi connectivity index (χ2n) is 4.12. The Bertz CT molecular complexity index is 500. The first kappa shape index (κ1) is 13.1. The molecule has 0 radical (unpaired) electrons. The molecule has 0 saturated heterocycles. The van der Waals surface area contributed by atoms with E-state index in [9.17, 15) is 23.3 Å². The number of hydrogen-bond acceptors (Lipinski definition) is 3. The quantitative estimate of drug-likeness (QED) is 0.678. The van der Waals surface area contributed by atoms with Crippen molar-refractivity contribution in [1.82, 2.24) is 0 Å². The number of nitrogens with zero attached hydrogens (tertiary/aromatic N) is 1. The zero-order chi connectivity index (χ0) is 13.6. The number of anilines is 1. The number of rotatable bonds is 3. The summed E-state index contributed by atoms with van der Waals surface area (Å²) < 4.78 is 38.7. The lowest BCUT2D eigenvalue weighted by Gasteiger charge is -2.21. The number of alkyl halides is 3. The highest BCUT2D eigenvalue weighted by Crippen LogP contribution is 2.52. The molecular weight excluding hydrogens is 317 g/mol. The highest BCUT2D eigenvalue weighted by Gasteiger charge is 2.63. The maximum absolute atomic E-state index is 12.8. The molecular formula is C10H8BrF3N2O2. The molecule has 1 aromatic carbocycles. The number of nitrogens with one attached hydrogen (secondary N) is 1. The minimum Gasteiger partial charge on any atom is -0.366 e. The molecule has 1 aromatic rings. The maximum Gasteiger partial charge on any atom is 0.411 e. The van der Waals surface area contributed by atoms with Crippen LogP contribution in [0.4, 0.5) is 24.5 Å². The highest BCUT2D eigenvalue weighted by atomic mass is 79.9. The maximum atomic E-state index is 12.8. The molecule has 0 amide bonds. The molecule has 18 heavy (non-hydrogen) atoms. The van der Waals surface area contributed by atoms with Crippen molar-refractivity contribution in [3.8, 4) is 0 Å². The van der Waals surface area contributed by atoms with Gasteiger partial charge in [-0.25, -0.2) is 0 Å². The molecule has 4 nitrogen and oxygen atoms in total. The van der Waals surface area contributed by atoms with Crippen LogP contribution in [0.1, 0.15) is 12.8 Å². The predicted molar refractivity (Wildman–Crippen MR) is 62.4 cm³/mol. The van der Waals surface area contributed by atoms with Crippen LogP contribution in [-0.4, -0.2) is 16.6 Å². The van der Waals surface area contributed by atoms with Crippen molar-refractivity contribution in [2.24, 2.45) is 0 Å². The van der Waals surface area contributed by atoms with Gasteiger partial charge in [-0.05, 0) is 25.0 Å². The summed E-state index contributed by atoms with van der Waals surface area (Å²) in [4.78, 5) is 10.1. The minimum atomic E-state index is -4.41. The van der Waals surface area contributed by atoms with E-state index < -0.39 is 16.6 Å². The fourth-order valence-electron chi connectivity index (χ4n) is 1.62. The topological polar surface area (TPSA) is 55.2 Å². The van der Waals surface area contributed by atoms with Crippen LogP contribution < -0.4 is 5.32 Å². The van der Waals surface area contributed by atoms with Crippen LogP contribution in [-0.2, 0) is 0 Å². The first-order chi connectivity index (χ1) is 8.25. The zero-order valence-electron chi connectivity index (χ0n) is 8.92. The molecule has 1 fully saturated rings. The van der Waals surface area contributed by atoms with Gasteiger partial charge in [-0.2, -0.15) is 13.2 Å². The molecule has 0 heterocycles. The van der Waals surface area contributed by atoms with Crippen molar-refractivity contribution in [3.63, 3.8) is 0 Å². The molecule has 0 atom stereocenters. The van der Waals surface area contributed by atoms with Gasteiger partial charge in [-0.15, -0.1) is 0 Å². The number of benzene rings is 1. The van der Waals surface area contributed by atoms with Crippen LogP contribution in [0.5, 0.6) is 0 Å². The van der Waals surface area contributed by atoms with Crippen LogP contribution in [0.3, 0.4) is 0 Å². The van der Waals surface area contributed by atoms with Crippen LogP contribution in [0, 0.1) is 10.1 Å². The first-order valence-electron chi connectivity index (χ1n) is 5.04. The normalized spacial score (nSPS) is 17.3. The van der Waals surface area contributed by atoms with E-state index in [4.69, 9.17) is 0 Å². The van der Waals surface area contributed by atoms with Crippen molar-refractivity contribution < 1.29 is 18.1 Å². The molecule has 2 rings (SSSR count). The summed E-state index contributed by atoms with van der Waals surface area (Å²) >= 11 is 3.04. The van der Waals surface area contributed by atoms with Crippen molar-refractivity contribution in [1.29, 1.82) is 0 Å². The van der Waals surface area contributed by atoms with Gasteiger partial charge in [0.1, 0.15) is 11.2 Å². The minimum absolute atomic E-state index is 0.0658. The van der Waals surface area contributed by atoms with Crippen molar-refractivity contribution in [2.45, 2.75) is 24.6 Å². The summed E-state index contributed by atoms with van der Waals surface area (Å²) in [6.07, 6.45) is -4.54. The Morgan fingerprint density at radius 3 is 2.44 bits per heavy atom. The fraction of sp³-hybridized carbons (Fsp3) is 0.400. The SMILES string of the molecule is O=[N+]([O-])c1cc(Br)ccc1NC1(C(F)(F)F)CC1. The second-order valence-corrected chi connectivity index (χ2v) is 5.04. The van der Waals surface area contributed by atoms with Gasteiger partial charge in [0, 0.05) is 10.5 Å². The summed E-state index contributed by atoms with van der Waals surface area (Å²) in [6, 6.07) is 3.91. The Balaban J connectivity index is 2.33. The Morgan fingerprint density at radius 2 is 2.00 bits per heavy atom. The van der Waals surface area contributed by atoms with E-state index in [1.54, 1.807) is 0 Å². The molecule has 0 aliphatic heterocycles. The number of halogens is 4. The van der Waals surface area contributed by atoms with E-state index in [1.807, 2.05) is 0 Å². The van der Waals surface area contributed by atoms with Crippen molar-refractivity contribution >= 4 is 27.3 Å². The van der Waals surface area contributed by atoms with Gasteiger partial charge in [0.15, 0.2) is 0 Å². The smallest absolute Gasteiger partial charge is 0.366 e. The van der Waals surface area contributed by atoms with Crippen LogP contribution in [0.15, 0.2) is 22.7 Å². The molecule has 0 unspecified atom stereocenters. The summed E-state index contributed by atoms with van der Waals surface area (Å²) in [5.74, 6) is 0. The molecule has 1 aliphatic carbocycles. The van der Waals surface area contributed by atoms with E-state index in [0.717, 1.165) is 0 Å². The standard InChI is InChI=1S/C10H8BrF3N2O2/c11-6-1-2-7(8(5-6)16(17)18)15-9(3-4-9)10(12,13)14/h1-2,5,15H,3-4H2. The lowest BCUT2D eigenvalue weighted by Crippen LogP contribution is -2.38. The Morgan fingerprint density at radius 1 is 1.39 bits per heavy atom. The lowest BCUT2D eigenvalue weighted by molar-refractivity contribution is -0.384. The monoisotopic (exact) mass is 324 g/mol. The van der Waals surface area contributed by atoms with E-state index in [0.29, 0.717) is 4.47 Å². The fourth-order valence-corrected chi connectivity index (χ4v) is 1.97. The van der Waals surface area contributed by atoms with Gasteiger partial charge in [-0.3, -0.25) is 10.1 Å². The third-order valence-electron chi connectivity index (χ3n) is 2.82. The number of nitro benzene ring substituents is 1. The van der Waals surface area contributed by atoms with Crippen molar-refractivity contribution in [3.05, 3.63) is 32.8 Å². The summed E-state index contributed by atoms with van der Waals surface area (Å²) in [5, 5.41) is 13.1. The largest absolute Gasteiger partial charge is 0.411 e. The molecule has 8 heteroatoms. The Kier molecular flexibility index (Phi) is 3.00. The van der Waals surface area contributed by atoms with Gasteiger partial charge in [0.05, 0.1) is 4.92 Å². The lowest BCUT2D eigenvalue weighted by atomic mass is 10.2. The molecule has 0 aromatic heterocycles. The zero-order valence-corrected chi connectivity index (χ0v) is 10.5.